The van der Waals surface area contributed by atoms with Gasteiger partial charge in [0, 0.05) is 42.5 Å². The second-order valence-electron chi connectivity index (χ2n) is 7.44. The van der Waals surface area contributed by atoms with Crippen molar-refractivity contribution in [2.75, 3.05) is 19.6 Å². The van der Waals surface area contributed by atoms with E-state index in [2.05, 4.69) is 56.6 Å². The van der Waals surface area contributed by atoms with Crippen molar-refractivity contribution in [1.82, 2.24) is 25.8 Å². The highest BCUT2D eigenvalue weighted by atomic mass is 16.5. The van der Waals surface area contributed by atoms with Gasteiger partial charge in [0.15, 0.2) is 0 Å². The second kappa shape index (κ2) is 9.13. The molecule has 31 heavy (non-hydrogen) atoms. The first kappa shape index (κ1) is 20.8. The predicted octanol–water partition coefficient (Wildman–Crippen LogP) is 2.45. The van der Waals surface area contributed by atoms with Crippen LogP contribution in [-0.2, 0) is 11.2 Å². The lowest BCUT2D eigenvalue weighted by Crippen LogP contribution is -2.32. The van der Waals surface area contributed by atoms with Crippen molar-refractivity contribution in [3.8, 4) is 11.3 Å². The zero-order chi connectivity index (χ0) is 21.8. The predicted molar refractivity (Wildman–Crippen MR) is 120 cm³/mol. The summed E-state index contributed by atoms with van der Waals surface area (Å²) in [5.41, 5.74) is 8.78. The van der Waals surface area contributed by atoms with Crippen molar-refractivity contribution >= 4 is 23.9 Å². The number of carbonyl (C=O) groups is 1. The molecule has 0 aliphatic carbocycles. The van der Waals surface area contributed by atoms with E-state index in [1.807, 2.05) is 12.1 Å². The largest absolute Gasteiger partial charge is 0.364 e. The van der Waals surface area contributed by atoms with E-state index in [1.165, 1.54) is 5.56 Å². The summed E-state index contributed by atoms with van der Waals surface area (Å²) in [6.45, 7) is 9.40. The van der Waals surface area contributed by atoms with Gasteiger partial charge in [-0.25, -0.2) is 5.43 Å². The molecule has 0 saturated heterocycles. The molecule has 0 spiro atoms. The van der Waals surface area contributed by atoms with Crippen LogP contribution in [0.1, 0.15) is 30.8 Å². The fourth-order valence-corrected chi connectivity index (χ4v) is 3.96. The maximum atomic E-state index is 12.2. The summed E-state index contributed by atoms with van der Waals surface area (Å²) < 4.78 is 5.15. The molecule has 9 nitrogen and oxygen atoms in total. The Morgan fingerprint density at radius 3 is 2.81 bits per heavy atom. The van der Waals surface area contributed by atoms with Gasteiger partial charge in [-0.15, -0.1) is 0 Å². The molecular formula is C22H27N7O2. The number of aryl methyl sites for hydroxylation is 1. The van der Waals surface area contributed by atoms with Crippen molar-refractivity contribution in [2.24, 2.45) is 16.0 Å². The number of hydrazone groups is 1. The molecule has 2 aromatic rings. The minimum atomic E-state index is -0.530. The van der Waals surface area contributed by atoms with Gasteiger partial charge in [0.1, 0.15) is 17.9 Å². The van der Waals surface area contributed by atoms with Crippen LogP contribution in [0.5, 0.6) is 0 Å². The molecule has 1 atom stereocenters. The molecule has 1 unspecified atom stereocenters. The molecule has 2 aliphatic heterocycles. The van der Waals surface area contributed by atoms with Crippen molar-refractivity contribution in [1.29, 1.82) is 0 Å². The van der Waals surface area contributed by atoms with E-state index >= 15 is 0 Å². The molecule has 4 heterocycles. The van der Waals surface area contributed by atoms with Gasteiger partial charge < -0.3 is 19.7 Å². The lowest BCUT2D eigenvalue weighted by atomic mass is 9.98. The van der Waals surface area contributed by atoms with Crippen molar-refractivity contribution in [3.05, 3.63) is 47.4 Å². The van der Waals surface area contributed by atoms with E-state index in [1.54, 1.807) is 24.9 Å². The van der Waals surface area contributed by atoms with Crippen LogP contribution in [-0.4, -0.2) is 52.5 Å². The van der Waals surface area contributed by atoms with Gasteiger partial charge in [0.25, 0.3) is 5.91 Å². The van der Waals surface area contributed by atoms with E-state index < -0.39 is 5.92 Å². The van der Waals surface area contributed by atoms with Crippen LogP contribution in [0, 0.1) is 12.8 Å². The van der Waals surface area contributed by atoms with Crippen LogP contribution in [0.3, 0.4) is 0 Å². The summed E-state index contributed by atoms with van der Waals surface area (Å²) in [5, 5.41) is 11.3. The number of H-pyrrole nitrogens is 1. The van der Waals surface area contributed by atoms with Gasteiger partial charge in [-0.05, 0) is 38.1 Å². The molecule has 0 radical (unpaired) electrons. The number of nitrogens with one attached hydrogen (secondary N) is 3. The molecule has 0 fully saturated rings. The first-order valence-electron chi connectivity index (χ1n) is 10.5. The van der Waals surface area contributed by atoms with Crippen LogP contribution in [0.2, 0.25) is 0 Å². The van der Waals surface area contributed by atoms with Crippen LogP contribution < -0.4 is 10.7 Å². The molecule has 1 amide bonds. The van der Waals surface area contributed by atoms with E-state index in [4.69, 9.17) is 4.52 Å². The van der Waals surface area contributed by atoms with Gasteiger partial charge in [0.2, 0.25) is 0 Å². The van der Waals surface area contributed by atoms with Crippen molar-refractivity contribution in [2.45, 2.75) is 27.2 Å². The fourth-order valence-electron chi connectivity index (χ4n) is 3.96. The van der Waals surface area contributed by atoms with Gasteiger partial charge in [0.05, 0.1) is 17.1 Å². The van der Waals surface area contributed by atoms with Crippen LogP contribution in [0.4, 0.5) is 0 Å². The zero-order valence-electron chi connectivity index (χ0n) is 18.0. The van der Waals surface area contributed by atoms with Crippen molar-refractivity contribution < 1.29 is 9.32 Å². The number of rotatable bonds is 8. The Morgan fingerprint density at radius 1 is 1.29 bits per heavy atom. The Morgan fingerprint density at radius 2 is 2.13 bits per heavy atom. The Bertz CT molecular complexity index is 1060. The quantitative estimate of drug-likeness (QED) is 0.606. The molecule has 2 aliphatic rings. The Balaban J connectivity index is 1.73. The third-order valence-electron chi connectivity index (χ3n) is 5.68. The summed E-state index contributed by atoms with van der Waals surface area (Å²) >= 11 is 0. The van der Waals surface area contributed by atoms with Crippen LogP contribution in [0.25, 0.3) is 17.3 Å². The molecule has 0 bridgehead atoms. The Labute approximate surface area is 181 Å². The molecule has 0 aromatic carbocycles. The first-order valence-corrected chi connectivity index (χ1v) is 10.5. The number of allylic oxidation sites excluding steroid dienone is 1. The lowest BCUT2D eigenvalue weighted by Gasteiger charge is -2.18. The zero-order valence-corrected chi connectivity index (χ0v) is 18.0. The van der Waals surface area contributed by atoms with Gasteiger partial charge in [-0.1, -0.05) is 19.0 Å². The van der Waals surface area contributed by atoms with Crippen LogP contribution >= 0.6 is 0 Å². The van der Waals surface area contributed by atoms with Crippen molar-refractivity contribution in [3.63, 3.8) is 0 Å². The summed E-state index contributed by atoms with van der Waals surface area (Å²) in [6, 6.07) is 1.87. The number of carbonyl (C=O) groups excluding carboxylic acids is 1. The molecule has 0 saturated carbocycles. The monoisotopic (exact) mass is 421 g/mol. The fraction of sp³-hybridized carbons (Fsp3) is 0.364. The van der Waals surface area contributed by atoms with Gasteiger partial charge >= 0.3 is 0 Å². The molecule has 162 valence electrons. The minimum Gasteiger partial charge on any atom is -0.364 e. The summed E-state index contributed by atoms with van der Waals surface area (Å²) in [4.78, 5) is 22.5. The molecular weight excluding hydrogens is 394 g/mol. The van der Waals surface area contributed by atoms with E-state index in [0.29, 0.717) is 5.71 Å². The SMILES string of the molecule is CCN(CC)CCc1c(C)[nH]c(C=C2NC=CN=C2C2C=NNC2=O)c1-c1ccon1. The molecule has 4 rings (SSSR count). The van der Waals surface area contributed by atoms with E-state index in [0.717, 1.165) is 54.4 Å². The number of nitrogens with zero attached hydrogens (tertiary/aromatic N) is 4. The summed E-state index contributed by atoms with van der Waals surface area (Å²) in [6.07, 6.45) is 9.40. The number of likely N-dealkylation sites (N-methyl/N-ethyl adjacent to an activating group) is 1. The average Bonchev–Trinajstić information content (AvgIpc) is 3.51. The highest BCUT2D eigenvalue weighted by molar-refractivity contribution is 6.24. The number of hydrogen-bond donors (Lipinski definition) is 3. The maximum absolute atomic E-state index is 12.2. The smallest absolute Gasteiger partial charge is 0.254 e. The first-order chi connectivity index (χ1) is 15.1. The number of aliphatic imine (C=N–C) groups is 1. The Hall–Kier alpha value is -3.46. The third kappa shape index (κ3) is 4.22. The number of aromatic amines is 1. The van der Waals surface area contributed by atoms with Gasteiger partial charge in [-0.3, -0.25) is 9.79 Å². The topological polar surface area (TPSA) is 111 Å². The number of amides is 1. The second-order valence-corrected chi connectivity index (χ2v) is 7.44. The Kier molecular flexibility index (Phi) is 6.13. The normalized spacial score (nSPS) is 19.2. The third-order valence-corrected chi connectivity index (χ3v) is 5.68. The maximum Gasteiger partial charge on any atom is 0.254 e. The van der Waals surface area contributed by atoms with E-state index in [9.17, 15) is 4.79 Å². The van der Waals surface area contributed by atoms with E-state index in [-0.39, 0.29) is 5.91 Å². The lowest BCUT2D eigenvalue weighted by molar-refractivity contribution is -0.120. The summed E-state index contributed by atoms with van der Waals surface area (Å²) in [5.74, 6) is -0.724. The average molecular weight is 422 g/mol. The molecule has 9 heteroatoms. The van der Waals surface area contributed by atoms with Gasteiger partial charge in [-0.2, -0.15) is 5.10 Å². The molecule has 2 aromatic heterocycles. The minimum absolute atomic E-state index is 0.193. The number of hydrogen-bond acceptors (Lipinski definition) is 7. The molecule has 3 N–H and O–H groups in total. The standard InChI is InChI=1S/C22H27N7O2/c1-4-29(5-2)10-6-15-14(3)26-18(20(15)17-7-11-31-28-17)12-19-21(24-9-8-23-19)16-13-25-27-22(16)30/h7-9,11-13,16,23,26H,4-6,10H2,1-3H3,(H,27,30). The van der Waals surface area contributed by atoms with Crippen LogP contribution in [0.15, 0.2) is 45.0 Å². The highest BCUT2D eigenvalue weighted by Gasteiger charge is 2.30. The number of aromatic nitrogens is 2. The summed E-state index contributed by atoms with van der Waals surface area (Å²) in [7, 11) is 0. The highest BCUT2D eigenvalue weighted by Crippen LogP contribution is 2.32.